The number of hydrogen-bond acceptors (Lipinski definition) is 2. The van der Waals surface area contributed by atoms with Gasteiger partial charge in [0.2, 0.25) is 0 Å². The van der Waals surface area contributed by atoms with Gasteiger partial charge < -0.3 is 10.2 Å². The Labute approximate surface area is 64.6 Å². The van der Waals surface area contributed by atoms with E-state index in [1.165, 1.54) is 6.42 Å². The molecule has 0 unspecified atom stereocenters. The molecule has 0 aliphatic carbocycles. The molecule has 2 heteroatoms. The maximum absolute atomic E-state index is 3.28. The predicted molar refractivity (Wildman–Crippen MR) is 46.3 cm³/mol. The normalized spacial score (nSPS) is 14.1. The summed E-state index contributed by atoms with van der Waals surface area (Å²) in [5, 5.41) is 3.28. The van der Waals surface area contributed by atoms with Crippen LogP contribution in [0.3, 0.4) is 0 Å². The molecule has 0 fully saturated rings. The summed E-state index contributed by atoms with van der Waals surface area (Å²) >= 11 is 0. The molecular weight excluding hydrogens is 124 g/mol. The van der Waals surface area contributed by atoms with E-state index in [0.717, 1.165) is 13.1 Å². The summed E-state index contributed by atoms with van der Waals surface area (Å²) < 4.78 is 0. The molecule has 0 amide bonds. The molecule has 2 nitrogen and oxygen atoms in total. The van der Waals surface area contributed by atoms with E-state index in [9.17, 15) is 0 Å². The van der Waals surface area contributed by atoms with Crippen molar-refractivity contribution < 1.29 is 0 Å². The van der Waals surface area contributed by atoms with Crippen LogP contribution in [0.4, 0.5) is 0 Å². The first-order chi connectivity index (χ1) is 4.74. The highest BCUT2D eigenvalue weighted by Gasteiger charge is 2.03. The zero-order valence-corrected chi connectivity index (χ0v) is 7.65. The fraction of sp³-hybridized carbons (Fsp3) is 1.00. The first kappa shape index (κ1) is 9.92. The highest BCUT2D eigenvalue weighted by Crippen LogP contribution is 1.92. The Hall–Kier alpha value is -0.0800. The Kier molecular flexibility index (Phi) is 5.64. The molecule has 10 heavy (non-hydrogen) atoms. The van der Waals surface area contributed by atoms with Gasteiger partial charge in [0.15, 0.2) is 0 Å². The van der Waals surface area contributed by atoms with E-state index in [4.69, 9.17) is 0 Å². The number of nitrogens with one attached hydrogen (secondary N) is 1. The minimum Gasteiger partial charge on any atom is -0.316 e. The van der Waals surface area contributed by atoms with Crippen molar-refractivity contribution in [2.24, 2.45) is 0 Å². The van der Waals surface area contributed by atoms with Crippen molar-refractivity contribution in [2.45, 2.75) is 26.3 Å². The molecular formula is C8H20N2. The third kappa shape index (κ3) is 3.85. The van der Waals surface area contributed by atoms with Gasteiger partial charge in [-0.25, -0.2) is 0 Å². The number of nitrogens with zero attached hydrogens (tertiary/aromatic N) is 1. The number of rotatable bonds is 5. The molecule has 0 spiro atoms. The standard InChI is InChI=1S/C8H20N2/c1-5-8(9-3)7-10(4)6-2/h8-9H,5-7H2,1-4H3/t8-/m1/s1. The average Bonchev–Trinajstić information content (AvgIpc) is 1.99. The smallest absolute Gasteiger partial charge is 0.0189 e. The van der Waals surface area contributed by atoms with Gasteiger partial charge in [-0.05, 0) is 27.1 Å². The molecule has 0 saturated heterocycles. The highest BCUT2D eigenvalue weighted by atomic mass is 15.1. The summed E-state index contributed by atoms with van der Waals surface area (Å²) in [7, 11) is 4.18. The summed E-state index contributed by atoms with van der Waals surface area (Å²) in [6, 6.07) is 0.657. The molecule has 0 aromatic carbocycles. The van der Waals surface area contributed by atoms with Gasteiger partial charge in [-0.2, -0.15) is 0 Å². The lowest BCUT2D eigenvalue weighted by molar-refractivity contribution is 0.304. The Bertz CT molecular complexity index is 69.7. The van der Waals surface area contributed by atoms with Crippen molar-refractivity contribution in [3.05, 3.63) is 0 Å². The van der Waals surface area contributed by atoms with Crippen LogP contribution in [0.25, 0.3) is 0 Å². The molecule has 1 atom stereocenters. The maximum Gasteiger partial charge on any atom is 0.0189 e. The number of likely N-dealkylation sites (N-methyl/N-ethyl adjacent to an activating group) is 2. The minimum absolute atomic E-state index is 0.657. The third-order valence-electron chi connectivity index (χ3n) is 1.97. The van der Waals surface area contributed by atoms with Crippen LogP contribution in [0.5, 0.6) is 0 Å². The lowest BCUT2D eigenvalue weighted by Gasteiger charge is -2.20. The summed E-state index contributed by atoms with van der Waals surface area (Å²) in [6.45, 7) is 6.69. The summed E-state index contributed by atoms with van der Waals surface area (Å²) in [5.41, 5.74) is 0. The van der Waals surface area contributed by atoms with Gasteiger partial charge in [-0.3, -0.25) is 0 Å². The number of hydrogen-bond donors (Lipinski definition) is 1. The molecule has 0 aromatic heterocycles. The predicted octanol–water partition coefficient (Wildman–Crippen LogP) is 0.936. The molecule has 0 aromatic rings. The molecule has 0 rings (SSSR count). The van der Waals surface area contributed by atoms with Crippen LogP contribution in [0.2, 0.25) is 0 Å². The van der Waals surface area contributed by atoms with Crippen molar-refractivity contribution in [3.8, 4) is 0 Å². The molecule has 0 bridgehead atoms. The lowest BCUT2D eigenvalue weighted by Crippen LogP contribution is -2.36. The van der Waals surface area contributed by atoms with E-state index in [-0.39, 0.29) is 0 Å². The van der Waals surface area contributed by atoms with Gasteiger partial charge in [0.25, 0.3) is 0 Å². The minimum atomic E-state index is 0.657. The van der Waals surface area contributed by atoms with Crippen molar-refractivity contribution in [1.29, 1.82) is 0 Å². The van der Waals surface area contributed by atoms with Crippen LogP contribution in [0, 0.1) is 0 Å². The van der Waals surface area contributed by atoms with Gasteiger partial charge in [0.05, 0.1) is 0 Å². The van der Waals surface area contributed by atoms with Crippen LogP contribution in [-0.4, -0.2) is 38.1 Å². The van der Waals surface area contributed by atoms with Gasteiger partial charge in [-0.1, -0.05) is 13.8 Å². The fourth-order valence-corrected chi connectivity index (χ4v) is 0.930. The van der Waals surface area contributed by atoms with Crippen LogP contribution >= 0.6 is 0 Å². The zero-order valence-electron chi connectivity index (χ0n) is 7.65. The summed E-state index contributed by atoms with van der Waals surface area (Å²) in [5.74, 6) is 0. The van der Waals surface area contributed by atoms with Gasteiger partial charge in [-0.15, -0.1) is 0 Å². The topological polar surface area (TPSA) is 15.3 Å². The second-order valence-electron chi connectivity index (χ2n) is 2.75. The molecule has 0 radical (unpaired) electrons. The lowest BCUT2D eigenvalue weighted by atomic mass is 10.2. The van der Waals surface area contributed by atoms with Crippen molar-refractivity contribution in [3.63, 3.8) is 0 Å². The van der Waals surface area contributed by atoms with Crippen LogP contribution < -0.4 is 5.32 Å². The summed E-state index contributed by atoms with van der Waals surface area (Å²) in [4.78, 5) is 2.32. The highest BCUT2D eigenvalue weighted by molar-refractivity contribution is 4.65. The average molecular weight is 144 g/mol. The molecule has 62 valence electrons. The Morgan fingerprint density at radius 1 is 1.40 bits per heavy atom. The van der Waals surface area contributed by atoms with Crippen molar-refractivity contribution in [1.82, 2.24) is 10.2 Å². The zero-order chi connectivity index (χ0) is 7.98. The van der Waals surface area contributed by atoms with Crippen LogP contribution in [0.1, 0.15) is 20.3 Å². The summed E-state index contributed by atoms with van der Waals surface area (Å²) in [6.07, 6.45) is 1.21. The van der Waals surface area contributed by atoms with E-state index < -0.39 is 0 Å². The van der Waals surface area contributed by atoms with Crippen molar-refractivity contribution in [2.75, 3.05) is 27.2 Å². The van der Waals surface area contributed by atoms with Gasteiger partial charge in [0.1, 0.15) is 0 Å². The molecule has 0 heterocycles. The quantitative estimate of drug-likeness (QED) is 0.617. The van der Waals surface area contributed by atoms with E-state index in [1.807, 2.05) is 7.05 Å². The molecule has 0 aliphatic rings. The van der Waals surface area contributed by atoms with Crippen molar-refractivity contribution >= 4 is 0 Å². The Morgan fingerprint density at radius 3 is 2.30 bits per heavy atom. The monoisotopic (exact) mass is 144 g/mol. The van der Waals surface area contributed by atoms with Gasteiger partial charge >= 0.3 is 0 Å². The van der Waals surface area contributed by atoms with E-state index >= 15 is 0 Å². The van der Waals surface area contributed by atoms with E-state index in [0.29, 0.717) is 6.04 Å². The maximum atomic E-state index is 3.28. The van der Waals surface area contributed by atoms with Crippen LogP contribution in [-0.2, 0) is 0 Å². The fourth-order valence-electron chi connectivity index (χ4n) is 0.930. The SMILES string of the molecule is CC[C@H](CN(C)CC)NC. The van der Waals surface area contributed by atoms with Gasteiger partial charge in [0, 0.05) is 12.6 Å². The Balaban J connectivity index is 3.41. The molecule has 0 aliphatic heterocycles. The first-order valence-electron chi connectivity index (χ1n) is 4.10. The molecule has 1 N–H and O–H groups in total. The van der Waals surface area contributed by atoms with E-state index in [2.05, 4.69) is 31.1 Å². The largest absolute Gasteiger partial charge is 0.316 e. The second-order valence-corrected chi connectivity index (χ2v) is 2.75. The van der Waals surface area contributed by atoms with E-state index in [1.54, 1.807) is 0 Å². The Morgan fingerprint density at radius 2 is 2.00 bits per heavy atom. The second kappa shape index (κ2) is 5.69. The first-order valence-corrected chi connectivity index (χ1v) is 4.10. The molecule has 0 saturated carbocycles. The van der Waals surface area contributed by atoms with Crippen LogP contribution in [0.15, 0.2) is 0 Å². The third-order valence-corrected chi connectivity index (χ3v) is 1.97.